The molecule has 0 heterocycles. The topological polar surface area (TPSA) is 78.8 Å². The van der Waals surface area contributed by atoms with Gasteiger partial charge in [0.1, 0.15) is 11.9 Å². The fourth-order valence-corrected chi connectivity index (χ4v) is 1.57. The van der Waals surface area contributed by atoms with Crippen molar-refractivity contribution in [1.82, 2.24) is 5.32 Å². The fourth-order valence-electron chi connectivity index (χ4n) is 1.57. The molecule has 1 aromatic carbocycles. The fraction of sp³-hybridized carbons (Fsp3) is 0.417. The first-order valence-electron chi connectivity index (χ1n) is 5.40. The number of carbonyl (C=O) groups is 1. The van der Waals surface area contributed by atoms with E-state index in [1.165, 1.54) is 18.2 Å². The first kappa shape index (κ1) is 14.6. The molecule has 5 nitrogen and oxygen atoms in total. The maximum absolute atomic E-state index is 14.0. The molecule has 0 aliphatic heterocycles. The van der Waals surface area contributed by atoms with Crippen molar-refractivity contribution in [2.75, 3.05) is 20.7 Å². The second-order valence-corrected chi connectivity index (χ2v) is 3.77. The number of ether oxygens (including phenoxy) is 1. The van der Waals surface area contributed by atoms with Crippen molar-refractivity contribution in [3.63, 3.8) is 0 Å². The Balaban J connectivity index is 3.06. The molecule has 1 rings (SSSR count). The van der Waals surface area contributed by atoms with Crippen molar-refractivity contribution in [1.29, 1.82) is 0 Å². The van der Waals surface area contributed by atoms with E-state index in [1.807, 2.05) is 0 Å². The van der Waals surface area contributed by atoms with Crippen LogP contribution < -0.4 is 5.32 Å². The highest BCUT2D eigenvalue weighted by atomic mass is 19.1. The summed E-state index contributed by atoms with van der Waals surface area (Å²) in [6.45, 7) is 0.100. The van der Waals surface area contributed by atoms with Crippen LogP contribution >= 0.6 is 0 Å². The van der Waals surface area contributed by atoms with Crippen LogP contribution in [0, 0.1) is 5.82 Å². The van der Waals surface area contributed by atoms with Crippen LogP contribution in [-0.4, -0.2) is 43.0 Å². The summed E-state index contributed by atoms with van der Waals surface area (Å²) in [5.41, 5.74) is -0.411. The molecule has 6 heteroatoms. The molecule has 0 saturated carbocycles. The molecule has 0 aromatic heterocycles. The number of likely N-dealkylation sites (N-methyl/N-ethyl adjacent to an activating group) is 1. The molecule has 2 unspecified atom stereocenters. The molecule has 3 N–H and O–H groups in total. The van der Waals surface area contributed by atoms with Gasteiger partial charge in [-0.1, -0.05) is 12.1 Å². The summed E-state index contributed by atoms with van der Waals surface area (Å²) in [4.78, 5) is 11.3. The van der Waals surface area contributed by atoms with Crippen molar-refractivity contribution >= 4 is 5.97 Å². The van der Waals surface area contributed by atoms with Gasteiger partial charge in [-0.3, -0.25) is 0 Å². The Bertz CT molecular complexity index is 425. The minimum Gasteiger partial charge on any atom is -0.465 e. The van der Waals surface area contributed by atoms with Crippen LogP contribution in [0.3, 0.4) is 0 Å². The highest BCUT2D eigenvalue weighted by Gasteiger charge is 2.24. The maximum atomic E-state index is 14.0. The van der Waals surface area contributed by atoms with Crippen LogP contribution in [0.25, 0.3) is 0 Å². The molecule has 100 valence electrons. The summed E-state index contributed by atoms with van der Waals surface area (Å²) in [7, 11) is 2.73. The molecule has 0 aliphatic rings. The number of hydrogen-bond acceptors (Lipinski definition) is 5. The average molecular weight is 257 g/mol. The van der Waals surface area contributed by atoms with E-state index >= 15 is 0 Å². The summed E-state index contributed by atoms with van der Waals surface area (Å²) in [5, 5.41) is 22.0. The predicted octanol–water partition coefficient (Wildman–Crippen LogP) is 0.226. The smallest absolute Gasteiger partial charge is 0.340 e. The first-order chi connectivity index (χ1) is 8.52. The van der Waals surface area contributed by atoms with E-state index < -0.39 is 24.0 Å². The maximum Gasteiger partial charge on any atom is 0.340 e. The highest BCUT2D eigenvalue weighted by Crippen LogP contribution is 2.23. The number of halogens is 1. The normalized spacial score (nSPS) is 14.1. The van der Waals surface area contributed by atoms with Gasteiger partial charge in [0.15, 0.2) is 0 Å². The Labute approximate surface area is 104 Å². The van der Waals surface area contributed by atoms with Crippen LogP contribution in [0.15, 0.2) is 18.2 Å². The number of aliphatic hydroxyl groups is 2. The summed E-state index contributed by atoms with van der Waals surface area (Å²) < 4.78 is 18.4. The van der Waals surface area contributed by atoms with Gasteiger partial charge in [0, 0.05) is 12.1 Å². The van der Waals surface area contributed by atoms with Gasteiger partial charge in [0.05, 0.1) is 18.8 Å². The lowest BCUT2D eigenvalue weighted by Crippen LogP contribution is -2.30. The van der Waals surface area contributed by atoms with Gasteiger partial charge in [-0.2, -0.15) is 0 Å². The quantitative estimate of drug-likeness (QED) is 0.658. The Hall–Kier alpha value is -1.50. The van der Waals surface area contributed by atoms with Gasteiger partial charge in [-0.05, 0) is 13.1 Å². The van der Waals surface area contributed by atoms with Crippen LogP contribution in [0.5, 0.6) is 0 Å². The van der Waals surface area contributed by atoms with E-state index in [1.54, 1.807) is 7.05 Å². The van der Waals surface area contributed by atoms with E-state index in [2.05, 4.69) is 10.1 Å². The largest absolute Gasteiger partial charge is 0.465 e. The Kier molecular flexibility index (Phi) is 5.21. The summed E-state index contributed by atoms with van der Waals surface area (Å²) in [5.74, 6) is -1.71. The van der Waals surface area contributed by atoms with Gasteiger partial charge in [0.2, 0.25) is 0 Å². The molecule has 0 bridgehead atoms. The van der Waals surface area contributed by atoms with E-state index in [-0.39, 0.29) is 17.7 Å². The van der Waals surface area contributed by atoms with E-state index in [4.69, 9.17) is 0 Å². The second kappa shape index (κ2) is 6.44. The van der Waals surface area contributed by atoms with Crippen LogP contribution in [0.1, 0.15) is 22.0 Å². The number of hydrogen-bond donors (Lipinski definition) is 3. The summed E-state index contributed by atoms with van der Waals surface area (Å²) in [6.07, 6.45) is -2.58. The Morgan fingerprint density at radius 3 is 2.72 bits per heavy atom. The monoisotopic (exact) mass is 257 g/mol. The van der Waals surface area contributed by atoms with Gasteiger partial charge in [0.25, 0.3) is 0 Å². The van der Waals surface area contributed by atoms with Crippen LogP contribution in [0.4, 0.5) is 4.39 Å². The molecule has 1 aromatic rings. The molecular weight excluding hydrogens is 241 g/mol. The van der Waals surface area contributed by atoms with Crippen LogP contribution in [-0.2, 0) is 4.74 Å². The molecule has 0 aliphatic carbocycles. The molecule has 2 atom stereocenters. The molecular formula is C12H16FNO4. The number of carbonyl (C=O) groups excluding carboxylic acids is 1. The van der Waals surface area contributed by atoms with Gasteiger partial charge < -0.3 is 20.3 Å². The van der Waals surface area contributed by atoms with Crippen molar-refractivity contribution in [3.05, 3.63) is 35.1 Å². The molecule has 0 spiro atoms. The lowest BCUT2D eigenvalue weighted by Gasteiger charge is -2.19. The second-order valence-electron chi connectivity index (χ2n) is 3.77. The van der Waals surface area contributed by atoms with Crippen molar-refractivity contribution < 1.29 is 24.1 Å². The van der Waals surface area contributed by atoms with Gasteiger partial charge in [-0.15, -0.1) is 0 Å². The molecule has 18 heavy (non-hydrogen) atoms. The van der Waals surface area contributed by atoms with Crippen molar-refractivity contribution in [2.24, 2.45) is 0 Å². The van der Waals surface area contributed by atoms with Crippen LogP contribution in [0.2, 0.25) is 0 Å². The lowest BCUT2D eigenvalue weighted by atomic mass is 10.0. The van der Waals surface area contributed by atoms with Crippen molar-refractivity contribution in [2.45, 2.75) is 12.2 Å². The Morgan fingerprint density at radius 1 is 1.50 bits per heavy atom. The minimum absolute atomic E-state index is 0.100. The zero-order valence-electron chi connectivity index (χ0n) is 10.2. The number of esters is 1. The number of methoxy groups -OCH3 is 1. The first-order valence-corrected chi connectivity index (χ1v) is 5.40. The molecule has 0 amide bonds. The molecule has 0 fully saturated rings. The standard InChI is InChI=1S/C12H16FNO4/c1-14-6-9(15)11(16)7-4-3-5-8(10(7)13)12(17)18-2/h3-5,9,11,14-16H,6H2,1-2H3. The van der Waals surface area contributed by atoms with E-state index in [0.29, 0.717) is 0 Å². The van der Waals surface area contributed by atoms with E-state index in [9.17, 15) is 19.4 Å². The number of nitrogens with one attached hydrogen (secondary N) is 1. The molecule has 0 radical (unpaired) electrons. The molecule has 0 saturated heterocycles. The third kappa shape index (κ3) is 3.04. The highest BCUT2D eigenvalue weighted by molar-refractivity contribution is 5.89. The lowest BCUT2D eigenvalue weighted by molar-refractivity contribution is 0.0179. The third-order valence-corrected chi connectivity index (χ3v) is 2.53. The number of rotatable bonds is 5. The van der Waals surface area contributed by atoms with Gasteiger partial charge >= 0.3 is 5.97 Å². The van der Waals surface area contributed by atoms with Gasteiger partial charge in [-0.25, -0.2) is 9.18 Å². The van der Waals surface area contributed by atoms with E-state index in [0.717, 1.165) is 7.11 Å². The Morgan fingerprint density at radius 2 is 2.17 bits per heavy atom. The number of benzene rings is 1. The zero-order valence-corrected chi connectivity index (χ0v) is 10.2. The predicted molar refractivity (Wildman–Crippen MR) is 62.6 cm³/mol. The average Bonchev–Trinajstić information content (AvgIpc) is 2.37. The van der Waals surface area contributed by atoms with Crippen molar-refractivity contribution in [3.8, 4) is 0 Å². The zero-order chi connectivity index (χ0) is 13.7. The third-order valence-electron chi connectivity index (χ3n) is 2.53. The summed E-state index contributed by atoms with van der Waals surface area (Å²) in [6, 6.07) is 3.98. The number of aliphatic hydroxyl groups excluding tert-OH is 2. The SMILES string of the molecule is CNCC(O)C(O)c1cccc(C(=O)OC)c1F. The minimum atomic E-state index is -1.41. The summed E-state index contributed by atoms with van der Waals surface area (Å²) >= 11 is 0.